The second-order valence-corrected chi connectivity index (χ2v) is 10.9. The predicted molar refractivity (Wildman–Crippen MR) is 169 cm³/mol. The number of hydrogen-bond acceptors (Lipinski definition) is 9. The normalized spacial score (nSPS) is 15.0. The second kappa shape index (κ2) is 13.4. The molecule has 1 fully saturated rings. The predicted octanol–water partition coefficient (Wildman–Crippen LogP) is 5.03. The van der Waals surface area contributed by atoms with Gasteiger partial charge in [-0.1, -0.05) is 53.7 Å². The first kappa shape index (κ1) is 29.5. The van der Waals surface area contributed by atoms with Gasteiger partial charge in [0, 0.05) is 31.3 Å². The zero-order valence-corrected chi connectivity index (χ0v) is 24.7. The van der Waals surface area contributed by atoms with Crippen molar-refractivity contribution in [2.45, 2.75) is 19.0 Å². The van der Waals surface area contributed by atoms with E-state index in [-0.39, 0.29) is 12.0 Å². The summed E-state index contributed by atoms with van der Waals surface area (Å²) >= 11 is 0. The quantitative estimate of drug-likeness (QED) is 0.212. The van der Waals surface area contributed by atoms with Gasteiger partial charge in [-0.3, -0.25) is 4.79 Å². The Hall–Kier alpha value is -5.60. The molecule has 1 aliphatic rings. The highest BCUT2D eigenvalue weighted by atomic mass is 16.5. The summed E-state index contributed by atoms with van der Waals surface area (Å²) in [5.41, 5.74) is 5.35. The molecule has 2 aromatic carbocycles. The number of rotatable bonds is 11. The van der Waals surface area contributed by atoms with Gasteiger partial charge in [-0.25, -0.2) is 14.6 Å². The summed E-state index contributed by atoms with van der Waals surface area (Å²) < 4.78 is 7.25. The van der Waals surface area contributed by atoms with Gasteiger partial charge in [-0.2, -0.15) is 5.26 Å². The highest BCUT2D eigenvalue weighted by Gasteiger charge is 2.28. The van der Waals surface area contributed by atoms with Gasteiger partial charge in [-0.15, -0.1) is 5.10 Å². The van der Waals surface area contributed by atoms with E-state index >= 15 is 0 Å². The van der Waals surface area contributed by atoms with Crippen molar-refractivity contribution < 1.29 is 14.6 Å². The molecule has 2 atom stereocenters. The molecule has 1 saturated heterocycles. The topological polar surface area (TPSA) is 142 Å². The number of carboxylic acids is 1. The van der Waals surface area contributed by atoms with Crippen LogP contribution in [0.4, 0.5) is 11.6 Å². The lowest BCUT2D eigenvalue weighted by Gasteiger charge is -2.20. The maximum absolute atomic E-state index is 11.4. The molecule has 2 unspecified atom stereocenters. The number of carbonyl (C=O) groups is 1. The van der Waals surface area contributed by atoms with Crippen LogP contribution in [0.2, 0.25) is 0 Å². The van der Waals surface area contributed by atoms with E-state index in [4.69, 9.17) is 14.7 Å². The van der Waals surface area contributed by atoms with Crippen LogP contribution >= 0.6 is 0 Å². The van der Waals surface area contributed by atoms with Crippen LogP contribution in [0.1, 0.15) is 29.3 Å². The van der Waals surface area contributed by atoms with Crippen molar-refractivity contribution in [1.82, 2.24) is 25.0 Å². The van der Waals surface area contributed by atoms with Gasteiger partial charge in [0.1, 0.15) is 17.3 Å². The van der Waals surface area contributed by atoms with Crippen LogP contribution in [0, 0.1) is 17.2 Å². The molecule has 4 heterocycles. The van der Waals surface area contributed by atoms with Crippen molar-refractivity contribution >= 4 is 17.6 Å². The van der Waals surface area contributed by atoms with Gasteiger partial charge < -0.3 is 20.1 Å². The Morgan fingerprint density at radius 1 is 1.04 bits per heavy atom. The fourth-order valence-corrected chi connectivity index (χ4v) is 5.48. The number of benzene rings is 2. The molecule has 45 heavy (non-hydrogen) atoms. The average Bonchev–Trinajstić information content (AvgIpc) is 3.76. The molecule has 5 aromatic rings. The maximum Gasteiger partial charge on any atom is 0.308 e. The molecule has 2 N–H and O–H groups in total. The number of nitriles is 1. The summed E-state index contributed by atoms with van der Waals surface area (Å²) in [4.78, 5) is 23.1. The molecule has 0 saturated carbocycles. The van der Waals surface area contributed by atoms with Crippen LogP contribution in [-0.2, 0) is 16.1 Å². The standard InChI is InChI=1S/C34H32N8O3/c1-45-22-31(24-8-3-2-4-9-24)38-32-17-27(16-29(37-32)25-10-5-7-23(15-25)18-35)30-21-42(40-39-30)20-28-11-6-12-33(36-28)41-14-13-26(19-41)34(43)44/h2-12,15-17,21,26,31H,13-14,19-20,22H2,1H3,(H,37,38)(H,43,44). The van der Waals surface area contributed by atoms with E-state index in [2.05, 4.69) is 21.7 Å². The van der Waals surface area contributed by atoms with Crippen molar-refractivity contribution in [3.63, 3.8) is 0 Å². The van der Waals surface area contributed by atoms with E-state index in [1.165, 1.54) is 0 Å². The lowest BCUT2D eigenvalue weighted by atomic mass is 10.0. The minimum Gasteiger partial charge on any atom is -0.481 e. The molecule has 0 radical (unpaired) electrons. The number of methoxy groups -OCH3 is 1. The van der Waals surface area contributed by atoms with Crippen LogP contribution in [-0.4, -0.2) is 62.8 Å². The molecular formula is C34H32N8O3. The summed E-state index contributed by atoms with van der Waals surface area (Å²) in [5, 5.41) is 31.2. The first-order chi connectivity index (χ1) is 22.0. The van der Waals surface area contributed by atoms with Gasteiger partial charge in [0.05, 0.1) is 54.3 Å². The smallest absolute Gasteiger partial charge is 0.308 e. The van der Waals surface area contributed by atoms with E-state index in [0.29, 0.717) is 55.4 Å². The third kappa shape index (κ3) is 6.98. The third-order valence-electron chi connectivity index (χ3n) is 7.78. The van der Waals surface area contributed by atoms with Crippen molar-refractivity contribution in [3.05, 3.63) is 108 Å². The van der Waals surface area contributed by atoms with Crippen molar-refractivity contribution in [2.75, 3.05) is 37.0 Å². The Kier molecular flexibility index (Phi) is 8.75. The Morgan fingerprint density at radius 3 is 2.67 bits per heavy atom. The molecule has 0 bridgehead atoms. The maximum atomic E-state index is 11.4. The number of anilines is 2. The van der Waals surface area contributed by atoms with Crippen molar-refractivity contribution in [2.24, 2.45) is 5.92 Å². The highest BCUT2D eigenvalue weighted by molar-refractivity contribution is 5.73. The number of nitrogens with zero attached hydrogens (tertiary/aromatic N) is 7. The van der Waals surface area contributed by atoms with Crippen LogP contribution < -0.4 is 10.2 Å². The minimum absolute atomic E-state index is 0.146. The molecule has 0 aliphatic carbocycles. The van der Waals surface area contributed by atoms with Crippen LogP contribution in [0.3, 0.4) is 0 Å². The van der Waals surface area contributed by atoms with E-state index in [1.807, 2.05) is 90.0 Å². The number of aromatic nitrogens is 5. The molecular weight excluding hydrogens is 568 g/mol. The molecule has 0 spiro atoms. The Labute approximate surface area is 260 Å². The summed E-state index contributed by atoms with van der Waals surface area (Å²) in [7, 11) is 1.67. The van der Waals surface area contributed by atoms with Gasteiger partial charge in [0.25, 0.3) is 0 Å². The molecule has 226 valence electrons. The van der Waals surface area contributed by atoms with E-state index in [0.717, 1.165) is 28.2 Å². The number of aliphatic carboxylic acids is 1. The minimum atomic E-state index is -0.770. The average molecular weight is 601 g/mol. The number of ether oxygens (including phenoxy) is 1. The fourth-order valence-electron chi connectivity index (χ4n) is 5.48. The molecule has 11 nitrogen and oxygen atoms in total. The first-order valence-corrected chi connectivity index (χ1v) is 14.7. The number of pyridine rings is 2. The van der Waals surface area contributed by atoms with E-state index in [9.17, 15) is 15.2 Å². The Morgan fingerprint density at radius 2 is 1.89 bits per heavy atom. The van der Waals surface area contributed by atoms with E-state index < -0.39 is 5.97 Å². The van der Waals surface area contributed by atoms with Crippen molar-refractivity contribution in [1.29, 1.82) is 5.26 Å². The van der Waals surface area contributed by atoms with Gasteiger partial charge in [0.2, 0.25) is 0 Å². The first-order valence-electron chi connectivity index (χ1n) is 14.7. The zero-order valence-electron chi connectivity index (χ0n) is 24.7. The van der Waals surface area contributed by atoms with Gasteiger partial charge in [-0.05, 0) is 48.4 Å². The summed E-state index contributed by atoms with van der Waals surface area (Å²) in [6.45, 7) is 1.95. The number of carboxylic acid groups (broad SMARTS) is 1. The number of nitrogens with one attached hydrogen (secondary N) is 1. The summed E-state index contributed by atoms with van der Waals surface area (Å²) in [6.07, 6.45) is 2.47. The van der Waals surface area contributed by atoms with Crippen LogP contribution in [0.5, 0.6) is 0 Å². The summed E-state index contributed by atoms with van der Waals surface area (Å²) in [5.74, 6) is 0.242. The fraction of sp³-hybridized carbons (Fsp3) is 0.235. The van der Waals surface area contributed by atoms with Gasteiger partial charge in [0.15, 0.2) is 0 Å². The highest BCUT2D eigenvalue weighted by Crippen LogP contribution is 2.30. The summed E-state index contributed by atoms with van der Waals surface area (Å²) in [6, 6.07) is 29.1. The lowest BCUT2D eigenvalue weighted by Crippen LogP contribution is -2.23. The van der Waals surface area contributed by atoms with Crippen LogP contribution in [0.25, 0.3) is 22.5 Å². The molecule has 6 rings (SSSR count). The molecule has 0 amide bonds. The largest absolute Gasteiger partial charge is 0.481 e. The molecule has 1 aliphatic heterocycles. The molecule has 11 heteroatoms. The Balaban J connectivity index is 1.29. The zero-order chi connectivity index (χ0) is 31.2. The SMILES string of the molecule is COCC(Nc1cc(-c2cn(Cc3cccc(N4CCC(C(=O)O)C4)n3)nn2)cc(-c2cccc(C#N)c2)n1)c1ccccc1. The van der Waals surface area contributed by atoms with Crippen LogP contribution in [0.15, 0.2) is 91.1 Å². The lowest BCUT2D eigenvalue weighted by molar-refractivity contribution is -0.140. The van der Waals surface area contributed by atoms with Crippen molar-refractivity contribution in [3.8, 4) is 28.6 Å². The monoisotopic (exact) mass is 600 g/mol. The molecule has 3 aromatic heterocycles. The number of hydrogen-bond donors (Lipinski definition) is 2. The van der Waals surface area contributed by atoms with Gasteiger partial charge >= 0.3 is 5.97 Å². The third-order valence-corrected chi connectivity index (χ3v) is 7.78. The van der Waals surface area contributed by atoms with E-state index in [1.54, 1.807) is 17.9 Å². The second-order valence-electron chi connectivity index (χ2n) is 10.9. The Bertz CT molecular complexity index is 1830.